The molecular formula is C6H6. The third-order valence-electron chi connectivity index (χ3n) is 1.40. The predicted molar refractivity (Wildman–Crippen MR) is 24.0 cm³/mol. The normalized spacial score (nSPS) is 28.7. The number of hydrogen-bond acceptors (Lipinski definition) is 0. The van der Waals surface area contributed by atoms with Crippen molar-refractivity contribution in [3.63, 3.8) is 0 Å². The Morgan fingerprint density at radius 3 is 2.00 bits per heavy atom. The van der Waals surface area contributed by atoms with Crippen molar-refractivity contribution in [2.24, 2.45) is 11.8 Å². The first kappa shape index (κ1) is 2.69. The van der Waals surface area contributed by atoms with E-state index < -0.39 is 0 Å². The minimum absolute atomic E-state index is 0.713. The van der Waals surface area contributed by atoms with Gasteiger partial charge in [-0.3, -0.25) is 0 Å². The molecule has 0 aliphatic heterocycles. The van der Waals surface area contributed by atoms with Crippen molar-refractivity contribution in [1.82, 2.24) is 0 Å². The quantitative estimate of drug-likeness (QED) is 0.411. The van der Waals surface area contributed by atoms with Crippen LogP contribution in [0.2, 0.25) is 0 Å². The number of hydrogen-bond donors (Lipinski definition) is 0. The highest BCUT2D eigenvalue weighted by Gasteiger charge is 2.32. The van der Waals surface area contributed by atoms with Crippen molar-refractivity contribution in [3.8, 4) is 11.8 Å². The van der Waals surface area contributed by atoms with E-state index in [2.05, 4.69) is 11.8 Å². The largest absolute Gasteiger partial charge is 0.0852 e. The maximum Gasteiger partial charge on any atom is 0.0840 e. The molecule has 0 aromatic heterocycles. The van der Waals surface area contributed by atoms with Crippen LogP contribution in [0.5, 0.6) is 0 Å². The van der Waals surface area contributed by atoms with Crippen LogP contribution in [0.4, 0.5) is 0 Å². The lowest BCUT2D eigenvalue weighted by atomic mass is 10.2. The van der Waals surface area contributed by atoms with Crippen molar-refractivity contribution in [1.29, 1.82) is 0 Å². The Balaban J connectivity index is 1.95. The van der Waals surface area contributed by atoms with Crippen molar-refractivity contribution >= 4 is 0 Å². The van der Waals surface area contributed by atoms with E-state index in [9.17, 15) is 0 Å². The average molecular weight is 78.1 g/mol. The average Bonchev–Trinajstić information content (AvgIpc) is 2.26. The second-order valence-electron chi connectivity index (χ2n) is 2.10. The first-order valence-corrected chi connectivity index (χ1v) is 2.48. The fourth-order valence-electron chi connectivity index (χ4n) is 0.713. The minimum atomic E-state index is 0.713. The van der Waals surface area contributed by atoms with Gasteiger partial charge in [-0.1, -0.05) is 11.8 Å². The molecule has 0 spiro atoms. The summed E-state index contributed by atoms with van der Waals surface area (Å²) in [5.41, 5.74) is 0. The summed E-state index contributed by atoms with van der Waals surface area (Å²) in [6.07, 6.45) is 2.87. The van der Waals surface area contributed by atoms with E-state index in [1.165, 1.54) is 12.8 Å². The molecule has 0 bridgehead atoms. The molecule has 0 heteroatoms. The monoisotopic (exact) mass is 78.0 g/mol. The van der Waals surface area contributed by atoms with E-state index in [4.69, 9.17) is 0 Å². The van der Waals surface area contributed by atoms with Crippen LogP contribution < -0.4 is 0 Å². The zero-order valence-electron chi connectivity index (χ0n) is 3.57. The van der Waals surface area contributed by atoms with Crippen LogP contribution in [0.3, 0.4) is 0 Å². The van der Waals surface area contributed by atoms with Gasteiger partial charge in [-0.05, 0) is 18.8 Å². The lowest BCUT2D eigenvalue weighted by molar-refractivity contribution is 0.789. The SMILES string of the molecule is C1#CC1C1CC1. The van der Waals surface area contributed by atoms with E-state index in [-0.39, 0.29) is 0 Å². The molecule has 30 valence electrons. The van der Waals surface area contributed by atoms with Crippen molar-refractivity contribution < 1.29 is 0 Å². The smallest absolute Gasteiger partial charge is 0.0840 e. The maximum atomic E-state index is 3.05. The van der Waals surface area contributed by atoms with Crippen molar-refractivity contribution in [2.75, 3.05) is 0 Å². The van der Waals surface area contributed by atoms with Gasteiger partial charge in [-0.25, -0.2) is 0 Å². The maximum absolute atomic E-state index is 3.05. The Hall–Kier alpha value is -0.440. The Kier molecular flexibility index (Phi) is 0.283. The highest BCUT2D eigenvalue weighted by molar-refractivity contribution is 5.32. The van der Waals surface area contributed by atoms with Crippen molar-refractivity contribution in [3.05, 3.63) is 0 Å². The molecule has 6 heavy (non-hydrogen) atoms. The summed E-state index contributed by atoms with van der Waals surface area (Å²) in [4.78, 5) is 0. The Labute approximate surface area is 37.6 Å². The summed E-state index contributed by atoms with van der Waals surface area (Å²) in [6, 6.07) is 0. The first-order chi connectivity index (χ1) is 2.97. The Bertz CT molecular complexity index is 113. The van der Waals surface area contributed by atoms with E-state index in [1.807, 2.05) is 0 Å². The summed E-state index contributed by atoms with van der Waals surface area (Å²) in [5, 5.41) is 0. The highest BCUT2D eigenvalue weighted by Crippen LogP contribution is 2.39. The van der Waals surface area contributed by atoms with Crippen LogP contribution in [0.25, 0.3) is 0 Å². The fraction of sp³-hybridized carbons (Fsp3) is 0.667. The van der Waals surface area contributed by atoms with Crippen LogP contribution in [0, 0.1) is 23.7 Å². The van der Waals surface area contributed by atoms with Gasteiger partial charge in [0.25, 0.3) is 0 Å². The first-order valence-electron chi connectivity index (χ1n) is 2.48. The van der Waals surface area contributed by atoms with Gasteiger partial charge >= 0.3 is 0 Å². The minimum Gasteiger partial charge on any atom is -0.0852 e. The molecule has 0 aromatic carbocycles. The van der Waals surface area contributed by atoms with Gasteiger partial charge in [-0.2, -0.15) is 0 Å². The topological polar surface area (TPSA) is 0 Å². The van der Waals surface area contributed by atoms with Crippen LogP contribution in [-0.4, -0.2) is 0 Å². The molecule has 0 unspecified atom stereocenters. The van der Waals surface area contributed by atoms with E-state index in [0.717, 1.165) is 5.92 Å². The molecule has 0 saturated heterocycles. The summed E-state index contributed by atoms with van der Waals surface area (Å²) >= 11 is 0. The second kappa shape index (κ2) is 0.632. The summed E-state index contributed by atoms with van der Waals surface area (Å²) in [7, 11) is 0. The summed E-state index contributed by atoms with van der Waals surface area (Å²) < 4.78 is 0. The Morgan fingerprint density at radius 1 is 1.17 bits per heavy atom. The highest BCUT2D eigenvalue weighted by atomic mass is 14.3. The standard InChI is InChI=1S/C6H6/c1-2-5(1)6-3-4-6/h5-6H,1-2H2. The molecule has 0 radical (unpaired) electrons. The molecular weight excluding hydrogens is 72.1 g/mol. The fourth-order valence-corrected chi connectivity index (χ4v) is 0.713. The van der Waals surface area contributed by atoms with Gasteiger partial charge in [0.1, 0.15) is 0 Å². The van der Waals surface area contributed by atoms with Crippen LogP contribution in [0.1, 0.15) is 12.8 Å². The number of rotatable bonds is 1. The second-order valence-corrected chi connectivity index (χ2v) is 2.10. The third-order valence-corrected chi connectivity index (χ3v) is 1.40. The summed E-state index contributed by atoms with van der Waals surface area (Å²) in [6.45, 7) is 0. The molecule has 0 nitrogen and oxygen atoms in total. The van der Waals surface area contributed by atoms with Gasteiger partial charge < -0.3 is 0 Å². The molecule has 0 heterocycles. The predicted octanol–water partition coefficient (Wildman–Crippen LogP) is 1.03. The van der Waals surface area contributed by atoms with E-state index in [1.54, 1.807) is 0 Å². The van der Waals surface area contributed by atoms with Crippen molar-refractivity contribution in [2.45, 2.75) is 12.8 Å². The molecule has 2 rings (SSSR count). The van der Waals surface area contributed by atoms with Gasteiger partial charge in [-0.15, -0.1) is 0 Å². The molecule has 2 aliphatic carbocycles. The zero-order valence-corrected chi connectivity index (χ0v) is 3.57. The van der Waals surface area contributed by atoms with Gasteiger partial charge in [0.2, 0.25) is 0 Å². The van der Waals surface area contributed by atoms with E-state index in [0.29, 0.717) is 5.92 Å². The summed E-state index contributed by atoms with van der Waals surface area (Å²) in [5.74, 6) is 7.80. The van der Waals surface area contributed by atoms with Crippen LogP contribution >= 0.6 is 0 Å². The lowest BCUT2D eigenvalue weighted by Crippen LogP contribution is -1.77. The molecule has 2 aliphatic rings. The van der Waals surface area contributed by atoms with Gasteiger partial charge in [0, 0.05) is 0 Å². The Morgan fingerprint density at radius 2 is 1.83 bits per heavy atom. The van der Waals surface area contributed by atoms with E-state index >= 15 is 0 Å². The molecule has 1 fully saturated rings. The molecule has 0 aromatic rings. The lowest BCUT2D eigenvalue weighted by Gasteiger charge is -1.77. The third kappa shape index (κ3) is 0.255. The zero-order chi connectivity index (χ0) is 3.98. The van der Waals surface area contributed by atoms with Gasteiger partial charge in [0.05, 0.1) is 5.92 Å². The van der Waals surface area contributed by atoms with Gasteiger partial charge in [0.15, 0.2) is 0 Å². The molecule has 1 saturated carbocycles. The molecule has 0 amide bonds. The molecule has 0 N–H and O–H groups in total. The van der Waals surface area contributed by atoms with Crippen LogP contribution in [-0.2, 0) is 0 Å². The molecule has 0 atom stereocenters. The van der Waals surface area contributed by atoms with Crippen LogP contribution in [0.15, 0.2) is 0 Å².